The molecule has 0 aliphatic heterocycles. The SMILES string of the molecule is CCOC(=O)[C@@H](C)[C@H](C)NCc1cncc(C)c1. The van der Waals surface area contributed by atoms with Gasteiger partial charge in [-0.15, -0.1) is 0 Å². The zero-order chi connectivity index (χ0) is 13.5. The van der Waals surface area contributed by atoms with Gasteiger partial charge in [0.1, 0.15) is 0 Å². The van der Waals surface area contributed by atoms with Gasteiger partial charge in [-0.25, -0.2) is 0 Å². The largest absolute Gasteiger partial charge is 0.466 e. The van der Waals surface area contributed by atoms with E-state index in [1.54, 1.807) is 0 Å². The van der Waals surface area contributed by atoms with Crippen LogP contribution in [-0.2, 0) is 16.1 Å². The standard InChI is InChI=1S/C14H22N2O2/c1-5-18-14(17)11(3)12(4)16-9-13-6-10(2)7-15-8-13/h6-8,11-12,16H,5,9H2,1-4H3/t11-,12-/m0/s1. The number of hydrogen-bond donors (Lipinski definition) is 1. The Bertz CT molecular complexity index is 393. The Morgan fingerprint density at radius 2 is 2.17 bits per heavy atom. The molecule has 0 saturated heterocycles. The average Bonchev–Trinajstić information content (AvgIpc) is 2.35. The highest BCUT2D eigenvalue weighted by Crippen LogP contribution is 2.07. The second-order valence-corrected chi connectivity index (χ2v) is 4.58. The normalized spacial score (nSPS) is 14.0. The van der Waals surface area contributed by atoms with Crippen molar-refractivity contribution < 1.29 is 9.53 Å². The zero-order valence-corrected chi connectivity index (χ0v) is 11.6. The van der Waals surface area contributed by atoms with E-state index in [4.69, 9.17) is 4.74 Å². The topological polar surface area (TPSA) is 51.2 Å². The van der Waals surface area contributed by atoms with Crippen LogP contribution in [0.5, 0.6) is 0 Å². The maximum absolute atomic E-state index is 11.6. The van der Waals surface area contributed by atoms with Gasteiger partial charge in [0.2, 0.25) is 0 Å². The first kappa shape index (κ1) is 14.6. The van der Waals surface area contributed by atoms with Crippen molar-refractivity contribution in [2.45, 2.75) is 40.3 Å². The predicted octanol–water partition coefficient (Wildman–Crippen LogP) is 2.07. The van der Waals surface area contributed by atoms with Crippen molar-refractivity contribution in [3.05, 3.63) is 29.6 Å². The number of ether oxygens (including phenoxy) is 1. The molecule has 0 unspecified atom stereocenters. The fourth-order valence-corrected chi connectivity index (χ4v) is 1.65. The summed E-state index contributed by atoms with van der Waals surface area (Å²) in [6.07, 6.45) is 3.66. The maximum atomic E-state index is 11.6. The van der Waals surface area contributed by atoms with E-state index in [1.807, 2.05) is 40.1 Å². The fourth-order valence-electron chi connectivity index (χ4n) is 1.65. The molecule has 0 bridgehead atoms. The smallest absolute Gasteiger partial charge is 0.310 e. The van der Waals surface area contributed by atoms with E-state index < -0.39 is 0 Å². The minimum atomic E-state index is -0.153. The molecule has 1 rings (SSSR count). The second-order valence-electron chi connectivity index (χ2n) is 4.58. The van der Waals surface area contributed by atoms with E-state index in [2.05, 4.69) is 16.4 Å². The molecule has 1 N–H and O–H groups in total. The Balaban J connectivity index is 2.45. The third kappa shape index (κ3) is 4.45. The lowest BCUT2D eigenvalue weighted by atomic mass is 10.0. The molecule has 2 atom stereocenters. The molecule has 0 radical (unpaired) electrons. The molecule has 0 aliphatic carbocycles. The Labute approximate surface area is 109 Å². The van der Waals surface area contributed by atoms with Gasteiger partial charge in [-0.3, -0.25) is 9.78 Å². The molecule has 1 heterocycles. The second kappa shape index (κ2) is 7.11. The first-order valence-electron chi connectivity index (χ1n) is 6.35. The number of nitrogens with one attached hydrogen (secondary N) is 1. The van der Waals surface area contributed by atoms with E-state index >= 15 is 0 Å². The molecule has 4 heteroatoms. The van der Waals surface area contributed by atoms with Crippen LogP contribution in [0.3, 0.4) is 0 Å². The van der Waals surface area contributed by atoms with Crippen LogP contribution in [-0.4, -0.2) is 23.6 Å². The van der Waals surface area contributed by atoms with Crippen molar-refractivity contribution in [3.63, 3.8) is 0 Å². The Morgan fingerprint density at radius 1 is 1.44 bits per heavy atom. The van der Waals surface area contributed by atoms with Crippen LogP contribution in [0.4, 0.5) is 0 Å². The van der Waals surface area contributed by atoms with Gasteiger partial charge in [0.05, 0.1) is 12.5 Å². The van der Waals surface area contributed by atoms with Gasteiger partial charge in [0.25, 0.3) is 0 Å². The van der Waals surface area contributed by atoms with Crippen molar-refractivity contribution in [3.8, 4) is 0 Å². The first-order valence-corrected chi connectivity index (χ1v) is 6.35. The highest BCUT2D eigenvalue weighted by molar-refractivity contribution is 5.72. The lowest BCUT2D eigenvalue weighted by Crippen LogP contribution is -2.36. The number of carbonyl (C=O) groups excluding carboxylic acids is 1. The highest BCUT2D eigenvalue weighted by atomic mass is 16.5. The van der Waals surface area contributed by atoms with Crippen LogP contribution in [0.1, 0.15) is 31.9 Å². The molecule has 0 saturated carbocycles. The number of pyridine rings is 1. The van der Waals surface area contributed by atoms with E-state index in [0.717, 1.165) is 11.1 Å². The van der Waals surface area contributed by atoms with Crippen LogP contribution in [0, 0.1) is 12.8 Å². The molecule has 0 spiro atoms. The number of aryl methyl sites for hydroxylation is 1. The predicted molar refractivity (Wildman–Crippen MR) is 71.1 cm³/mol. The molecule has 100 valence electrons. The van der Waals surface area contributed by atoms with Crippen molar-refractivity contribution >= 4 is 5.97 Å². The summed E-state index contributed by atoms with van der Waals surface area (Å²) in [7, 11) is 0. The Kier molecular flexibility index (Phi) is 5.78. The summed E-state index contributed by atoms with van der Waals surface area (Å²) in [4.78, 5) is 15.7. The summed E-state index contributed by atoms with van der Waals surface area (Å²) >= 11 is 0. The minimum Gasteiger partial charge on any atom is -0.466 e. The molecule has 0 aliphatic rings. The van der Waals surface area contributed by atoms with Gasteiger partial charge in [-0.05, 0) is 31.9 Å². The summed E-state index contributed by atoms with van der Waals surface area (Å²) in [5.41, 5.74) is 2.26. The molecule has 18 heavy (non-hydrogen) atoms. The lowest BCUT2D eigenvalue weighted by Gasteiger charge is -2.19. The van der Waals surface area contributed by atoms with Gasteiger partial charge in [0.15, 0.2) is 0 Å². The fraction of sp³-hybridized carbons (Fsp3) is 0.571. The third-order valence-corrected chi connectivity index (χ3v) is 2.97. The van der Waals surface area contributed by atoms with Crippen molar-refractivity contribution in [1.82, 2.24) is 10.3 Å². The van der Waals surface area contributed by atoms with Crippen LogP contribution >= 0.6 is 0 Å². The number of carbonyl (C=O) groups is 1. The first-order chi connectivity index (χ1) is 8.54. The van der Waals surface area contributed by atoms with E-state index in [0.29, 0.717) is 13.2 Å². The van der Waals surface area contributed by atoms with Crippen LogP contribution < -0.4 is 5.32 Å². The summed E-state index contributed by atoms with van der Waals surface area (Å²) in [5.74, 6) is -0.303. The molecule has 0 aromatic carbocycles. The number of esters is 1. The van der Waals surface area contributed by atoms with Gasteiger partial charge in [0, 0.05) is 25.0 Å². The maximum Gasteiger partial charge on any atom is 0.310 e. The highest BCUT2D eigenvalue weighted by Gasteiger charge is 2.20. The van der Waals surface area contributed by atoms with Crippen LogP contribution in [0.15, 0.2) is 18.5 Å². The van der Waals surface area contributed by atoms with Crippen molar-refractivity contribution in [2.24, 2.45) is 5.92 Å². The molecule has 1 aromatic heterocycles. The molecular formula is C14H22N2O2. The van der Waals surface area contributed by atoms with Gasteiger partial charge >= 0.3 is 5.97 Å². The zero-order valence-electron chi connectivity index (χ0n) is 11.6. The Morgan fingerprint density at radius 3 is 2.78 bits per heavy atom. The quantitative estimate of drug-likeness (QED) is 0.785. The molecule has 1 aromatic rings. The van der Waals surface area contributed by atoms with Crippen LogP contribution in [0.2, 0.25) is 0 Å². The molecular weight excluding hydrogens is 228 g/mol. The summed E-state index contributed by atoms with van der Waals surface area (Å²) in [6, 6.07) is 2.16. The van der Waals surface area contributed by atoms with E-state index in [1.165, 1.54) is 0 Å². The number of aromatic nitrogens is 1. The summed E-state index contributed by atoms with van der Waals surface area (Å²) < 4.78 is 5.00. The van der Waals surface area contributed by atoms with Gasteiger partial charge in [-0.2, -0.15) is 0 Å². The average molecular weight is 250 g/mol. The third-order valence-electron chi connectivity index (χ3n) is 2.97. The number of nitrogens with zero attached hydrogens (tertiary/aromatic N) is 1. The van der Waals surface area contributed by atoms with Crippen molar-refractivity contribution in [2.75, 3.05) is 6.61 Å². The molecule has 4 nitrogen and oxygen atoms in total. The number of rotatable bonds is 6. The minimum absolute atomic E-state index is 0.0737. The number of hydrogen-bond acceptors (Lipinski definition) is 4. The molecule has 0 fully saturated rings. The van der Waals surface area contributed by atoms with Gasteiger partial charge in [-0.1, -0.05) is 13.0 Å². The van der Waals surface area contributed by atoms with E-state index in [-0.39, 0.29) is 17.9 Å². The monoisotopic (exact) mass is 250 g/mol. The van der Waals surface area contributed by atoms with Crippen LogP contribution in [0.25, 0.3) is 0 Å². The Hall–Kier alpha value is -1.42. The van der Waals surface area contributed by atoms with Crippen molar-refractivity contribution in [1.29, 1.82) is 0 Å². The summed E-state index contributed by atoms with van der Waals surface area (Å²) in [5, 5.41) is 3.32. The van der Waals surface area contributed by atoms with E-state index in [9.17, 15) is 4.79 Å². The molecule has 0 amide bonds. The lowest BCUT2D eigenvalue weighted by molar-refractivity contribution is -0.148. The van der Waals surface area contributed by atoms with Gasteiger partial charge < -0.3 is 10.1 Å². The summed E-state index contributed by atoms with van der Waals surface area (Å²) in [6.45, 7) is 8.84.